The van der Waals surface area contributed by atoms with Crippen LogP contribution in [0.2, 0.25) is 0 Å². The first-order valence-corrected chi connectivity index (χ1v) is 10.1. The Morgan fingerprint density at radius 2 is 1.96 bits per heavy atom. The number of nitrogens with zero attached hydrogens (tertiary/aromatic N) is 2. The quantitative estimate of drug-likeness (QED) is 0.732. The average Bonchev–Trinajstić information content (AvgIpc) is 3.10. The summed E-state index contributed by atoms with van der Waals surface area (Å²) in [4.78, 5) is 8.62. The number of nitrogens with one attached hydrogen (secondary N) is 1. The van der Waals surface area contributed by atoms with E-state index in [0.29, 0.717) is 12.1 Å². The van der Waals surface area contributed by atoms with Gasteiger partial charge in [0.25, 0.3) is 0 Å². The van der Waals surface area contributed by atoms with Crippen LogP contribution in [0.1, 0.15) is 19.8 Å². The van der Waals surface area contributed by atoms with Crippen LogP contribution >= 0.6 is 11.3 Å². The molecule has 3 fully saturated rings. The number of fused-ring (bicyclic) bond motifs is 4. The molecule has 128 valence electrons. The van der Waals surface area contributed by atoms with E-state index in [1.165, 1.54) is 46.5 Å². The van der Waals surface area contributed by atoms with E-state index in [1.807, 2.05) is 17.5 Å². The summed E-state index contributed by atoms with van der Waals surface area (Å²) in [5, 5.41) is 5.03. The van der Waals surface area contributed by atoms with Gasteiger partial charge in [0, 0.05) is 33.4 Å². The van der Waals surface area contributed by atoms with Gasteiger partial charge in [0.05, 0.1) is 0 Å². The van der Waals surface area contributed by atoms with Crippen molar-refractivity contribution in [3.05, 3.63) is 48.7 Å². The Bertz CT molecular complexity index is 843. The van der Waals surface area contributed by atoms with Crippen molar-refractivity contribution in [1.82, 2.24) is 9.88 Å². The SMILES string of the molecule is C[C@@H]1[C@@H](Nc2ccc(-c3cc4ccccc4s3)cn2)C2CCN1CC2. The Morgan fingerprint density at radius 1 is 1.12 bits per heavy atom. The third kappa shape index (κ3) is 2.74. The standard InChI is InChI=1S/C21H23N3S/c1-14-21(15-8-10-24(14)11-9-15)23-20-7-6-17(13-22-20)19-12-16-4-2-3-5-18(16)25-19/h2-7,12-15,21H,8-11H2,1H3,(H,22,23)/t14-,21-/m1/s1. The maximum absolute atomic E-state index is 4.71. The Hall–Kier alpha value is -1.91. The van der Waals surface area contributed by atoms with Crippen LogP contribution in [0.25, 0.3) is 20.5 Å². The number of piperidine rings is 3. The fourth-order valence-corrected chi connectivity index (χ4v) is 5.52. The average molecular weight is 350 g/mol. The summed E-state index contributed by atoms with van der Waals surface area (Å²) >= 11 is 1.84. The van der Waals surface area contributed by atoms with Crippen molar-refractivity contribution >= 4 is 27.2 Å². The maximum Gasteiger partial charge on any atom is 0.126 e. The summed E-state index contributed by atoms with van der Waals surface area (Å²) in [7, 11) is 0. The summed E-state index contributed by atoms with van der Waals surface area (Å²) in [5.41, 5.74) is 1.20. The smallest absolute Gasteiger partial charge is 0.126 e. The topological polar surface area (TPSA) is 28.2 Å². The van der Waals surface area contributed by atoms with Crippen molar-refractivity contribution in [2.75, 3.05) is 18.4 Å². The van der Waals surface area contributed by atoms with E-state index in [9.17, 15) is 0 Å². The van der Waals surface area contributed by atoms with Gasteiger partial charge in [-0.25, -0.2) is 4.98 Å². The van der Waals surface area contributed by atoms with Crippen LogP contribution in [-0.4, -0.2) is 35.1 Å². The number of anilines is 1. The van der Waals surface area contributed by atoms with Gasteiger partial charge in [-0.2, -0.15) is 0 Å². The Balaban J connectivity index is 1.36. The minimum atomic E-state index is 0.533. The lowest BCUT2D eigenvalue weighted by Gasteiger charge is -2.50. The number of benzene rings is 1. The predicted molar refractivity (Wildman–Crippen MR) is 106 cm³/mol. The van der Waals surface area contributed by atoms with Crippen molar-refractivity contribution < 1.29 is 0 Å². The monoisotopic (exact) mass is 349 g/mol. The number of hydrogen-bond donors (Lipinski definition) is 1. The van der Waals surface area contributed by atoms with Crippen molar-refractivity contribution in [3.63, 3.8) is 0 Å². The van der Waals surface area contributed by atoms with Gasteiger partial charge in [0.2, 0.25) is 0 Å². The summed E-state index contributed by atoms with van der Waals surface area (Å²) in [5.74, 6) is 1.81. The highest BCUT2D eigenvalue weighted by Gasteiger charge is 2.39. The molecule has 0 unspecified atom stereocenters. The second-order valence-corrected chi connectivity index (χ2v) is 8.45. The van der Waals surface area contributed by atoms with Crippen LogP contribution in [0, 0.1) is 5.92 Å². The zero-order chi connectivity index (χ0) is 16.8. The minimum Gasteiger partial charge on any atom is -0.365 e. The number of pyridine rings is 1. The zero-order valence-corrected chi connectivity index (χ0v) is 15.3. The van der Waals surface area contributed by atoms with Crippen LogP contribution < -0.4 is 5.32 Å². The fourth-order valence-electron chi connectivity index (χ4n) is 4.47. The molecular weight excluding hydrogens is 326 g/mol. The lowest BCUT2D eigenvalue weighted by molar-refractivity contribution is 0.0457. The fraction of sp³-hybridized carbons (Fsp3) is 0.381. The van der Waals surface area contributed by atoms with Crippen molar-refractivity contribution in [3.8, 4) is 10.4 Å². The third-order valence-electron chi connectivity index (χ3n) is 5.97. The molecule has 2 atom stereocenters. The normalized spacial score (nSPS) is 28.4. The molecule has 25 heavy (non-hydrogen) atoms. The molecule has 2 bridgehead atoms. The molecule has 0 aliphatic carbocycles. The van der Waals surface area contributed by atoms with Gasteiger partial charge in [-0.05, 0) is 68.4 Å². The van der Waals surface area contributed by atoms with Gasteiger partial charge in [0.15, 0.2) is 0 Å². The molecule has 1 aromatic carbocycles. The Labute approximate surface area is 152 Å². The van der Waals surface area contributed by atoms with Gasteiger partial charge in [-0.3, -0.25) is 4.90 Å². The second kappa shape index (κ2) is 6.11. The lowest BCUT2D eigenvalue weighted by atomic mass is 9.79. The molecule has 0 saturated carbocycles. The van der Waals surface area contributed by atoms with E-state index in [1.54, 1.807) is 0 Å². The van der Waals surface area contributed by atoms with E-state index in [2.05, 4.69) is 59.6 Å². The number of rotatable bonds is 3. The lowest BCUT2D eigenvalue weighted by Crippen LogP contribution is -2.59. The molecule has 0 radical (unpaired) electrons. The molecule has 3 aliphatic heterocycles. The summed E-state index contributed by atoms with van der Waals surface area (Å²) < 4.78 is 1.33. The summed E-state index contributed by atoms with van der Waals surface area (Å²) in [6.45, 7) is 4.89. The molecule has 6 rings (SSSR count). The van der Waals surface area contributed by atoms with E-state index < -0.39 is 0 Å². The minimum absolute atomic E-state index is 0.533. The maximum atomic E-state index is 4.71. The largest absolute Gasteiger partial charge is 0.365 e. The first-order chi connectivity index (χ1) is 12.3. The molecule has 3 aromatic rings. The van der Waals surface area contributed by atoms with Crippen molar-refractivity contribution in [1.29, 1.82) is 0 Å². The highest BCUT2D eigenvalue weighted by Crippen LogP contribution is 2.35. The molecule has 0 spiro atoms. The van der Waals surface area contributed by atoms with Gasteiger partial charge >= 0.3 is 0 Å². The molecule has 0 amide bonds. The molecule has 3 nitrogen and oxygen atoms in total. The highest BCUT2D eigenvalue weighted by molar-refractivity contribution is 7.22. The van der Waals surface area contributed by atoms with E-state index in [-0.39, 0.29) is 0 Å². The molecule has 3 aliphatic rings. The second-order valence-electron chi connectivity index (χ2n) is 7.36. The van der Waals surface area contributed by atoms with Crippen LogP contribution in [0.3, 0.4) is 0 Å². The molecule has 2 aromatic heterocycles. The van der Waals surface area contributed by atoms with Crippen LogP contribution in [0.15, 0.2) is 48.7 Å². The first-order valence-electron chi connectivity index (χ1n) is 9.23. The molecule has 5 heterocycles. The van der Waals surface area contributed by atoms with Crippen LogP contribution in [0.4, 0.5) is 5.82 Å². The highest BCUT2D eigenvalue weighted by atomic mass is 32.1. The Morgan fingerprint density at radius 3 is 2.68 bits per heavy atom. The van der Waals surface area contributed by atoms with Gasteiger partial charge in [0.1, 0.15) is 5.82 Å². The molecular formula is C21H23N3S. The zero-order valence-electron chi connectivity index (χ0n) is 14.5. The van der Waals surface area contributed by atoms with E-state index >= 15 is 0 Å². The van der Waals surface area contributed by atoms with Crippen molar-refractivity contribution in [2.45, 2.75) is 31.8 Å². The third-order valence-corrected chi connectivity index (χ3v) is 7.13. The van der Waals surface area contributed by atoms with Crippen LogP contribution in [0.5, 0.6) is 0 Å². The first kappa shape index (κ1) is 15.4. The molecule has 4 heteroatoms. The van der Waals surface area contributed by atoms with Gasteiger partial charge in [-0.15, -0.1) is 11.3 Å². The van der Waals surface area contributed by atoms with Crippen molar-refractivity contribution in [2.24, 2.45) is 5.92 Å². The molecule has 3 saturated heterocycles. The predicted octanol–water partition coefficient (Wildman–Crippen LogP) is 4.86. The Kier molecular flexibility index (Phi) is 3.75. The molecule has 1 N–H and O–H groups in total. The van der Waals surface area contributed by atoms with E-state index in [0.717, 1.165) is 11.7 Å². The number of aromatic nitrogens is 1. The summed E-state index contributed by atoms with van der Waals surface area (Å²) in [6.07, 6.45) is 4.66. The van der Waals surface area contributed by atoms with E-state index in [4.69, 9.17) is 4.98 Å². The summed E-state index contributed by atoms with van der Waals surface area (Å²) in [6, 6.07) is 16.3. The van der Waals surface area contributed by atoms with Gasteiger partial charge < -0.3 is 5.32 Å². The van der Waals surface area contributed by atoms with Gasteiger partial charge in [-0.1, -0.05) is 18.2 Å². The number of hydrogen-bond acceptors (Lipinski definition) is 4. The number of thiophene rings is 1. The van der Waals surface area contributed by atoms with Crippen LogP contribution in [-0.2, 0) is 0 Å².